The molecule has 0 aromatic heterocycles. The van der Waals surface area contributed by atoms with Crippen molar-refractivity contribution >= 4 is 23.5 Å². The lowest BCUT2D eigenvalue weighted by Gasteiger charge is -2.18. The molecule has 6 heteroatoms. The number of benzene rings is 2. The minimum absolute atomic E-state index is 0.0478. The van der Waals surface area contributed by atoms with Gasteiger partial charge in [0, 0.05) is 24.3 Å². The first-order chi connectivity index (χ1) is 14.0. The largest absolute Gasteiger partial charge is 0.455 e. The number of nitrogens with one attached hydrogen (secondary N) is 1. The Morgan fingerprint density at radius 1 is 0.931 bits per heavy atom. The van der Waals surface area contributed by atoms with E-state index in [1.54, 1.807) is 29.2 Å². The molecule has 2 amide bonds. The zero-order chi connectivity index (χ0) is 21.2. The molecule has 2 aromatic rings. The van der Waals surface area contributed by atoms with Crippen molar-refractivity contribution in [3.05, 3.63) is 65.7 Å². The van der Waals surface area contributed by atoms with Gasteiger partial charge in [-0.3, -0.25) is 14.4 Å². The second-order valence-corrected chi connectivity index (χ2v) is 6.58. The summed E-state index contributed by atoms with van der Waals surface area (Å²) in [5, 5.41) is 2.68. The van der Waals surface area contributed by atoms with Crippen molar-refractivity contribution in [3.8, 4) is 0 Å². The molecule has 2 rings (SSSR count). The van der Waals surface area contributed by atoms with E-state index in [-0.39, 0.29) is 12.5 Å². The molecule has 0 saturated carbocycles. The van der Waals surface area contributed by atoms with Crippen LogP contribution in [0.2, 0.25) is 0 Å². The summed E-state index contributed by atoms with van der Waals surface area (Å²) in [6.45, 7) is 6.68. The summed E-state index contributed by atoms with van der Waals surface area (Å²) < 4.78 is 5.19. The van der Waals surface area contributed by atoms with Crippen LogP contribution in [0.25, 0.3) is 0 Å². The van der Waals surface area contributed by atoms with Crippen LogP contribution >= 0.6 is 0 Å². The van der Waals surface area contributed by atoms with Crippen molar-refractivity contribution in [3.63, 3.8) is 0 Å². The fourth-order valence-electron chi connectivity index (χ4n) is 3.05. The Bertz CT molecular complexity index is 815. The summed E-state index contributed by atoms with van der Waals surface area (Å²) in [6, 6.07) is 16.0. The molecule has 0 aliphatic heterocycles. The summed E-state index contributed by atoms with van der Waals surface area (Å²) >= 11 is 0. The quantitative estimate of drug-likeness (QED) is 0.654. The molecule has 0 aliphatic rings. The first kappa shape index (κ1) is 22.1. The molecule has 0 heterocycles. The fraction of sp³-hybridized carbons (Fsp3) is 0.348. The van der Waals surface area contributed by atoms with Gasteiger partial charge in [-0.05, 0) is 50.1 Å². The van der Waals surface area contributed by atoms with E-state index in [0.29, 0.717) is 30.8 Å². The number of hydrogen-bond acceptors (Lipinski definition) is 4. The van der Waals surface area contributed by atoms with Gasteiger partial charge in [0.2, 0.25) is 0 Å². The van der Waals surface area contributed by atoms with E-state index >= 15 is 0 Å². The van der Waals surface area contributed by atoms with E-state index in [1.165, 1.54) is 0 Å². The molecular weight excluding hydrogens is 368 g/mol. The summed E-state index contributed by atoms with van der Waals surface area (Å²) in [5.74, 6) is -1.29. The molecule has 1 N–H and O–H groups in total. The number of anilines is 1. The lowest BCUT2D eigenvalue weighted by atomic mass is 9.97. The van der Waals surface area contributed by atoms with E-state index < -0.39 is 17.8 Å². The Labute approximate surface area is 171 Å². The van der Waals surface area contributed by atoms with Gasteiger partial charge in [0.25, 0.3) is 11.8 Å². The van der Waals surface area contributed by atoms with Crippen molar-refractivity contribution in [1.29, 1.82) is 0 Å². The Kier molecular flexibility index (Phi) is 8.40. The van der Waals surface area contributed by atoms with Gasteiger partial charge in [0.05, 0.1) is 5.92 Å². The number of esters is 1. The van der Waals surface area contributed by atoms with Crippen molar-refractivity contribution in [2.45, 2.75) is 33.1 Å². The van der Waals surface area contributed by atoms with Crippen LogP contribution in [-0.2, 0) is 14.3 Å². The molecule has 6 nitrogen and oxygen atoms in total. The topological polar surface area (TPSA) is 75.7 Å². The van der Waals surface area contributed by atoms with Gasteiger partial charge in [-0.1, -0.05) is 37.3 Å². The Morgan fingerprint density at radius 2 is 1.55 bits per heavy atom. The van der Waals surface area contributed by atoms with Gasteiger partial charge < -0.3 is 15.0 Å². The number of hydrogen-bond donors (Lipinski definition) is 1. The molecule has 29 heavy (non-hydrogen) atoms. The third-order valence-electron chi connectivity index (χ3n) is 4.71. The van der Waals surface area contributed by atoms with Gasteiger partial charge in [0.15, 0.2) is 6.61 Å². The molecule has 0 spiro atoms. The number of rotatable bonds is 9. The molecule has 0 unspecified atom stereocenters. The van der Waals surface area contributed by atoms with Crippen LogP contribution in [-0.4, -0.2) is 42.4 Å². The van der Waals surface area contributed by atoms with Gasteiger partial charge in [-0.15, -0.1) is 0 Å². The molecule has 0 fully saturated rings. The van der Waals surface area contributed by atoms with Gasteiger partial charge in [-0.25, -0.2) is 0 Å². The molecule has 0 bridgehead atoms. The molecule has 1 atom stereocenters. The molecule has 0 aliphatic carbocycles. The smallest absolute Gasteiger partial charge is 0.313 e. The van der Waals surface area contributed by atoms with Gasteiger partial charge >= 0.3 is 5.97 Å². The average Bonchev–Trinajstić information content (AvgIpc) is 2.75. The zero-order valence-corrected chi connectivity index (χ0v) is 17.2. The van der Waals surface area contributed by atoms with E-state index in [4.69, 9.17) is 4.74 Å². The number of carbonyl (C=O) groups excluding carboxylic acids is 3. The maximum Gasteiger partial charge on any atom is 0.313 e. The van der Waals surface area contributed by atoms with E-state index in [1.807, 2.05) is 51.1 Å². The molecule has 154 valence electrons. The minimum atomic E-state index is -0.427. The van der Waals surface area contributed by atoms with E-state index in [0.717, 1.165) is 5.56 Å². The average molecular weight is 396 g/mol. The predicted molar refractivity (Wildman–Crippen MR) is 113 cm³/mol. The van der Waals surface area contributed by atoms with Crippen molar-refractivity contribution in [2.75, 3.05) is 25.0 Å². The highest BCUT2D eigenvalue weighted by atomic mass is 16.5. The normalized spacial score (nSPS) is 11.4. The maximum atomic E-state index is 12.3. The van der Waals surface area contributed by atoms with Crippen LogP contribution in [0.5, 0.6) is 0 Å². The monoisotopic (exact) mass is 396 g/mol. The summed E-state index contributed by atoms with van der Waals surface area (Å²) in [5.41, 5.74) is 1.97. The first-order valence-corrected chi connectivity index (χ1v) is 9.90. The summed E-state index contributed by atoms with van der Waals surface area (Å²) in [6.07, 6.45) is 0.590. The van der Waals surface area contributed by atoms with E-state index in [9.17, 15) is 14.4 Å². The maximum absolute atomic E-state index is 12.3. The van der Waals surface area contributed by atoms with Crippen LogP contribution in [0.3, 0.4) is 0 Å². The molecular formula is C23H28N2O4. The Hall–Kier alpha value is -3.15. The van der Waals surface area contributed by atoms with Crippen LogP contribution in [0, 0.1) is 0 Å². The van der Waals surface area contributed by atoms with Gasteiger partial charge in [0.1, 0.15) is 0 Å². The van der Waals surface area contributed by atoms with Crippen LogP contribution < -0.4 is 5.32 Å². The number of carbonyl (C=O) groups is 3. The molecule has 0 saturated heterocycles. The molecule has 0 radical (unpaired) electrons. The lowest BCUT2D eigenvalue weighted by Crippen LogP contribution is -2.30. The van der Waals surface area contributed by atoms with Gasteiger partial charge in [-0.2, -0.15) is 0 Å². The van der Waals surface area contributed by atoms with Crippen molar-refractivity contribution in [2.24, 2.45) is 0 Å². The van der Waals surface area contributed by atoms with Crippen LogP contribution in [0.4, 0.5) is 5.69 Å². The number of amides is 2. The number of nitrogens with zero attached hydrogens (tertiary/aromatic N) is 1. The van der Waals surface area contributed by atoms with E-state index in [2.05, 4.69) is 5.32 Å². The summed E-state index contributed by atoms with van der Waals surface area (Å²) in [7, 11) is 0. The van der Waals surface area contributed by atoms with Crippen molar-refractivity contribution < 1.29 is 19.1 Å². The standard InChI is InChI=1S/C23H28N2O4/c1-4-20(17-10-8-7-9-11-17)23(28)29-16-21(26)24-19-14-12-18(13-15-19)22(27)25(5-2)6-3/h7-15,20H,4-6,16H2,1-3H3,(H,24,26)/t20-/m0/s1. The second-order valence-electron chi connectivity index (χ2n) is 6.58. The molecule has 2 aromatic carbocycles. The summed E-state index contributed by atoms with van der Waals surface area (Å²) in [4.78, 5) is 38.5. The highest BCUT2D eigenvalue weighted by Gasteiger charge is 2.21. The highest BCUT2D eigenvalue weighted by molar-refractivity contribution is 5.96. The zero-order valence-electron chi connectivity index (χ0n) is 17.2. The third kappa shape index (κ3) is 6.17. The SMILES string of the molecule is CC[C@H](C(=O)OCC(=O)Nc1ccc(C(=O)N(CC)CC)cc1)c1ccccc1. The third-order valence-corrected chi connectivity index (χ3v) is 4.71. The van der Waals surface area contributed by atoms with Crippen LogP contribution in [0.1, 0.15) is 49.0 Å². The van der Waals surface area contributed by atoms with Crippen molar-refractivity contribution in [1.82, 2.24) is 4.90 Å². The lowest BCUT2D eigenvalue weighted by molar-refractivity contribution is -0.149. The number of ether oxygens (including phenoxy) is 1. The van der Waals surface area contributed by atoms with Crippen LogP contribution in [0.15, 0.2) is 54.6 Å². The predicted octanol–water partition coefficient (Wildman–Crippen LogP) is 3.84. The fourth-order valence-corrected chi connectivity index (χ4v) is 3.05. The minimum Gasteiger partial charge on any atom is -0.455 e. The first-order valence-electron chi connectivity index (χ1n) is 9.90. The highest BCUT2D eigenvalue weighted by Crippen LogP contribution is 2.20. The Morgan fingerprint density at radius 3 is 2.10 bits per heavy atom. The Balaban J connectivity index is 1.89. The second kappa shape index (κ2) is 11.0.